The second-order valence-corrected chi connectivity index (χ2v) is 41.9. The van der Waals surface area contributed by atoms with E-state index in [1.165, 1.54) is 97.8 Å². The van der Waals surface area contributed by atoms with Gasteiger partial charge in [0.05, 0.1) is 31.6 Å². The van der Waals surface area contributed by atoms with Gasteiger partial charge in [-0.15, -0.1) is 11.3 Å². The zero-order chi connectivity index (χ0) is 107. The Morgan fingerprint density at radius 3 is 1.71 bits per heavy atom. The van der Waals surface area contributed by atoms with Crippen molar-refractivity contribution in [2.45, 2.75) is 298 Å². The van der Waals surface area contributed by atoms with Gasteiger partial charge in [-0.05, 0) is 227 Å². The van der Waals surface area contributed by atoms with Crippen molar-refractivity contribution in [3.05, 3.63) is 140 Å². The van der Waals surface area contributed by atoms with Crippen LogP contribution in [0.5, 0.6) is 0 Å². The summed E-state index contributed by atoms with van der Waals surface area (Å²) in [6, 6.07) is -2.68. The molecule has 5 aliphatic heterocycles. The lowest BCUT2D eigenvalue weighted by Gasteiger charge is -2.38. The number of allylic oxidation sites excluding steroid dienone is 3. The first-order valence-corrected chi connectivity index (χ1v) is 51.5. The maximum absolute atomic E-state index is 16.1. The summed E-state index contributed by atoms with van der Waals surface area (Å²) in [6.45, 7) is 10.2. The Kier molecular flexibility index (Phi) is 40.7. The molecule has 2 aromatic carbocycles. The highest BCUT2D eigenvalue weighted by Crippen LogP contribution is 2.36. The van der Waals surface area contributed by atoms with Gasteiger partial charge in [-0.3, -0.25) is 91.1 Å². The van der Waals surface area contributed by atoms with Crippen LogP contribution in [0.1, 0.15) is 216 Å². The fraction of sp³-hybridized carbons (Fsp3) is 0.530. The number of rotatable bonds is 17. The molecule has 3 bridgehead atoms. The number of hydrogen-bond donors (Lipinski definition) is 19. The van der Waals surface area contributed by atoms with Crippen molar-refractivity contribution in [1.82, 2.24) is 89.6 Å². The van der Waals surface area contributed by atoms with Crippen molar-refractivity contribution >= 4 is 169 Å². The molecule has 46 heteroatoms. The number of carbonyl (C=O) groups excluding carboxylic acids is 18. The van der Waals surface area contributed by atoms with E-state index in [9.17, 15) is 72.9 Å². The maximum Gasteiger partial charge on any atom is 0.409 e. The second-order valence-electron chi connectivity index (χ2n) is 39.4. The molecule has 8 heterocycles. The molecular weight excluding hydrogens is 1950 g/mol. The van der Waals surface area contributed by atoms with Crippen LogP contribution in [-0.4, -0.2) is 271 Å². The van der Waals surface area contributed by atoms with Gasteiger partial charge in [0.25, 0.3) is 0 Å². The van der Waals surface area contributed by atoms with Crippen LogP contribution in [0.4, 0.5) is 4.79 Å². The third-order valence-corrected chi connectivity index (χ3v) is 28.7. The van der Waals surface area contributed by atoms with Crippen LogP contribution in [0.25, 0.3) is 10.1 Å². The van der Waals surface area contributed by atoms with Gasteiger partial charge in [-0.2, -0.15) is 22.7 Å². The summed E-state index contributed by atoms with van der Waals surface area (Å²) in [5.41, 5.74) is -2.06. The lowest BCUT2D eigenvalue weighted by Crippen LogP contribution is -2.66. The van der Waals surface area contributed by atoms with Crippen molar-refractivity contribution < 1.29 is 121 Å². The number of aliphatic carboxylic acids is 2. The number of nitrogens with two attached hydrogens (primary N) is 1. The molecule has 20 N–H and O–H groups in total. The Balaban J connectivity index is 1.04. The Morgan fingerprint density at radius 1 is 0.534 bits per heavy atom. The summed E-state index contributed by atoms with van der Waals surface area (Å²) in [6.07, 6.45) is 0.897. The fourth-order valence-corrected chi connectivity index (χ4v) is 20.5. The molecule has 18 amide bonds. The number of likely N-dealkylation sites (tertiary alicyclic amines) is 1. The normalized spacial score (nSPS) is 26.8. The van der Waals surface area contributed by atoms with Crippen molar-refractivity contribution in [2.24, 2.45) is 11.1 Å². The number of thiophene rings is 3. The van der Waals surface area contributed by atoms with Gasteiger partial charge in [-0.1, -0.05) is 75.4 Å². The number of carboxylic acid groups (broad SMARTS) is 3. The summed E-state index contributed by atoms with van der Waals surface area (Å²) in [5.74, 6) is -21.3. The summed E-state index contributed by atoms with van der Waals surface area (Å²) < 4.78 is 6.71. The SMILES string of the molecule is CC(=O)N1CCC[C@]12C/C=C/CCC[C@@]1(CCC/C=C\CCCOC(=O)N3CC[C@@]4(C3)NC(=O)[C@H](CCCCNC(=O)CC[C@@H](C(=O)N[C@@H](C)C(N)=O)NC(=O)[C@H](Cc3csc5ccccc35)NC(=O)[C@H](Cc3ccsc3)NC4=O)NC(=O)[C@H](Cc3ccsc3)NC(=O)[C@H](C)NC(=O)C(C)(C)NC(=O)[C@H](Cc3cccc(C(=O)O)c3)NC(=O)[C@H](CC(=O)O)NC1=O)NC(=O)[C@H](CC(C)(C)C)NC(=O)[C@H](CC(=O)O)NC2=O. The maximum atomic E-state index is 16.1. The Hall–Kier alpha value is -14.0. The number of cyclic esters (lactones) is 1. The highest BCUT2D eigenvalue weighted by atomic mass is 32.1. The van der Waals surface area contributed by atoms with E-state index in [1.54, 1.807) is 90.2 Å². The number of ether oxygens (including phenoxy) is 1. The Labute approximate surface area is 855 Å². The first kappa shape index (κ1) is 114. The minimum Gasteiger partial charge on any atom is -0.481 e. The van der Waals surface area contributed by atoms with Crippen LogP contribution in [0.3, 0.4) is 0 Å². The predicted octanol–water partition coefficient (Wildman–Crippen LogP) is 2.80. The quantitative estimate of drug-likeness (QED) is 0.0595. The molecule has 3 fully saturated rings. The molecule has 0 aliphatic carbocycles. The summed E-state index contributed by atoms with van der Waals surface area (Å²) in [7, 11) is 0. The van der Waals surface area contributed by atoms with E-state index >= 15 is 43.2 Å². The molecule has 5 aliphatic rings. The van der Waals surface area contributed by atoms with Crippen molar-refractivity contribution in [3.8, 4) is 0 Å². The number of aromatic carboxylic acids is 1. The van der Waals surface area contributed by atoms with Crippen LogP contribution in [0, 0.1) is 5.41 Å². The molecule has 3 saturated heterocycles. The van der Waals surface area contributed by atoms with Crippen LogP contribution < -0.4 is 85.5 Å². The monoisotopic (exact) mass is 2080 g/mol. The minimum absolute atomic E-state index is 0.00142. The molecule has 0 unspecified atom stereocenters. The number of amides is 18. The minimum atomic E-state index is -2.22. The number of carboxylic acids is 3. The largest absolute Gasteiger partial charge is 0.481 e. The number of nitrogens with one attached hydrogen (secondary N) is 15. The Bertz CT molecular complexity index is 5700. The van der Waals surface area contributed by atoms with E-state index in [0.29, 0.717) is 23.1 Å². The molecule has 3 spiro atoms. The molecule has 10 rings (SSSR count). The van der Waals surface area contributed by atoms with Crippen LogP contribution >= 0.6 is 34.0 Å². The van der Waals surface area contributed by atoms with E-state index in [1.807, 2.05) is 18.2 Å². The molecule has 43 nitrogen and oxygen atoms in total. The van der Waals surface area contributed by atoms with Crippen LogP contribution in [0.2, 0.25) is 0 Å². The summed E-state index contributed by atoms with van der Waals surface area (Å²) >= 11 is 3.84. The fourth-order valence-electron chi connectivity index (χ4n) is 18.1. The summed E-state index contributed by atoms with van der Waals surface area (Å²) in [4.78, 5) is 308. The Morgan fingerprint density at radius 2 is 1.09 bits per heavy atom. The second kappa shape index (κ2) is 52.1. The lowest BCUT2D eigenvalue weighted by atomic mass is 9.83. The van der Waals surface area contributed by atoms with E-state index in [2.05, 4.69) is 79.8 Å². The van der Waals surface area contributed by atoms with Crippen molar-refractivity contribution in [1.29, 1.82) is 0 Å². The first-order valence-electron chi connectivity index (χ1n) is 48.8. The number of fused-ring (bicyclic) bond motifs is 4. The summed E-state index contributed by atoms with van der Waals surface area (Å²) in [5, 5.41) is 80.5. The lowest BCUT2D eigenvalue weighted by molar-refractivity contribution is -0.146. The van der Waals surface area contributed by atoms with Gasteiger partial charge in [-0.25, -0.2) is 9.59 Å². The van der Waals surface area contributed by atoms with Gasteiger partial charge in [0, 0.05) is 63.4 Å². The van der Waals surface area contributed by atoms with Gasteiger partial charge in [0.15, 0.2) is 0 Å². The molecule has 146 heavy (non-hydrogen) atoms. The predicted molar refractivity (Wildman–Crippen MR) is 536 cm³/mol. The van der Waals surface area contributed by atoms with E-state index in [-0.39, 0.29) is 159 Å². The molecule has 5 aromatic rings. The third-order valence-electron chi connectivity index (χ3n) is 26.2. The average Bonchev–Trinajstić information content (AvgIpc) is 1.54. The molecule has 790 valence electrons. The number of benzene rings is 2. The number of nitrogens with zero attached hydrogens (tertiary/aromatic N) is 2. The third kappa shape index (κ3) is 32.2. The highest BCUT2D eigenvalue weighted by Gasteiger charge is 2.53. The highest BCUT2D eigenvalue weighted by molar-refractivity contribution is 7.17. The standard InChI is InChI=1S/C100H132N18O25S3/c1-57(79(101)125)103-81(127)67-30-31-76(120)102-39-21-17-28-66-87(133)116-99(93(140)111-69(48-62-33-44-145-54-62)83(129)109-71(84(130)106-67)49-64-55-146-75-29-16-15-27-65(64)75)38-41-117(56-99)95(142)143-42-22-14-10-9-11-18-34-98(35-19-12-13-20-36-100(37-24-40-118(100)59(3)119)94(141)113-73(51-78(123)124)86(132)110-74(89(135)115-98)52-96(4,5)6)92(139)112-72(50-77(121)122)85(131)108-70(46-60-25-23-26-63(45-60)90(136)137)88(134)114-97(7,8)91(138)104-58(2)80(126)107-68(82(128)105-66)47-61-32-43-144-53-61/h9-10,13,15-16,20,23,25-27,29,32-33,43-45,53-55,57-58,66-74H,11-12,14,17-19,21-22,24,28,30-31,34-42,46-52,56H2,1-8H3,(H2,101,125)(H,102,120)(H,103,127)(H,104,138)(H,105,128)(H,106,130)(H,107,126)(H,108,131)(H,109,129)(H,110,132)(H,111,140)(H,112,139)(H,113,141)(H,114,134)(H,115,135)(H,116,133)(H,121,122)(H,123,124)(H,136,137)/b10-9-,20-13+/t57-,58-,66-,67-,68-,69-,70-,71-,72-,73-,74-,98+,99-,100-/m0/s1. The molecule has 0 radical (unpaired) electrons. The number of primary amides is 1. The number of hydrogen-bond acceptors (Lipinski definition) is 25. The molecule has 14 atom stereocenters. The average molecular weight is 2080 g/mol. The number of carbonyl (C=O) groups is 21. The van der Waals surface area contributed by atoms with E-state index in [0.717, 1.165) is 15.0 Å². The van der Waals surface area contributed by atoms with Gasteiger partial charge in [0.2, 0.25) is 100 Å². The van der Waals surface area contributed by atoms with E-state index in [4.69, 9.17) is 10.5 Å². The zero-order valence-corrected chi connectivity index (χ0v) is 85.3. The molecule has 3 aromatic heterocycles. The van der Waals surface area contributed by atoms with Crippen molar-refractivity contribution in [2.75, 3.05) is 32.8 Å². The van der Waals surface area contributed by atoms with Crippen LogP contribution in [-0.2, 0) is 122 Å². The topological polar surface area (TPSA) is 641 Å². The van der Waals surface area contributed by atoms with Gasteiger partial charge in [0.1, 0.15) is 88.6 Å². The smallest absolute Gasteiger partial charge is 0.409 e. The van der Waals surface area contributed by atoms with Crippen molar-refractivity contribution in [3.63, 3.8) is 0 Å². The van der Waals surface area contributed by atoms with E-state index < -0.39 is 251 Å². The van der Waals surface area contributed by atoms with Gasteiger partial charge >= 0.3 is 24.0 Å². The molecular formula is C100H132N18O25S3. The molecule has 0 saturated carbocycles. The zero-order valence-electron chi connectivity index (χ0n) is 82.8. The van der Waals surface area contributed by atoms with Gasteiger partial charge < -0.3 is 115 Å². The first-order chi connectivity index (χ1) is 69.2. The van der Waals surface area contributed by atoms with Crippen LogP contribution in [0.15, 0.2) is 112 Å².